The van der Waals surface area contributed by atoms with Gasteiger partial charge in [-0.3, -0.25) is 0 Å². The first-order valence-electron chi connectivity index (χ1n) is 7.09. The molecule has 0 saturated heterocycles. The largest absolute Gasteiger partial charge is 2.00 e. The molecule has 0 unspecified atom stereocenters. The van der Waals surface area contributed by atoms with Gasteiger partial charge in [-0.05, 0) is 6.42 Å². The van der Waals surface area contributed by atoms with E-state index < -0.39 is 0 Å². The van der Waals surface area contributed by atoms with Crippen LogP contribution in [-0.2, 0) is 28.1 Å². The summed E-state index contributed by atoms with van der Waals surface area (Å²) in [6.07, 6.45) is 1.05. The van der Waals surface area contributed by atoms with Gasteiger partial charge in [-0.2, -0.15) is 48.0 Å². The van der Waals surface area contributed by atoms with Gasteiger partial charge in [0.05, 0.1) is 0 Å². The van der Waals surface area contributed by atoms with Crippen molar-refractivity contribution in [2.24, 2.45) is 0 Å². The van der Waals surface area contributed by atoms with E-state index in [0.29, 0.717) is 0 Å². The summed E-state index contributed by atoms with van der Waals surface area (Å²) in [6, 6.07) is 28.1. The predicted molar refractivity (Wildman–Crippen MR) is 91.8 cm³/mol. The maximum absolute atomic E-state index is 7.00. The zero-order valence-electron chi connectivity index (χ0n) is 13.5. The molecule has 0 spiro atoms. The van der Waals surface area contributed by atoms with Gasteiger partial charge in [-0.1, -0.05) is 35.4 Å². The Morgan fingerprint density at radius 3 is 2.04 bits per heavy atom. The molecule has 0 saturated carbocycles. The van der Waals surface area contributed by atoms with Gasteiger partial charge in [-0.25, -0.2) is 12.1 Å². The quantitative estimate of drug-likeness (QED) is 0.378. The summed E-state index contributed by atoms with van der Waals surface area (Å²) in [5, 5.41) is 14.0. The van der Waals surface area contributed by atoms with E-state index >= 15 is 0 Å². The summed E-state index contributed by atoms with van der Waals surface area (Å²) < 4.78 is 0. The van der Waals surface area contributed by atoms with E-state index in [0.717, 1.165) is 20.6 Å². The third-order valence-electron chi connectivity index (χ3n) is 3.17. The topological polar surface area (TPSA) is 40.5 Å². The molecule has 0 atom stereocenters. The smallest absolute Gasteiger partial charge is 0.400 e. The second-order valence-corrected chi connectivity index (χ2v) is 4.36. The Labute approximate surface area is 153 Å². The average Bonchev–Trinajstić information content (AvgIpc) is 3.30. The van der Waals surface area contributed by atoms with Crippen molar-refractivity contribution in [3.63, 3.8) is 0 Å². The van der Waals surface area contributed by atoms with Crippen molar-refractivity contribution in [2.75, 3.05) is 14.2 Å². The summed E-state index contributed by atoms with van der Waals surface area (Å²) >= 11 is 0. The molecule has 4 rings (SSSR count). The normalized spacial score (nSPS) is 9.22. The third kappa shape index (κ3) is 6.21. The molecule has 23 heavy (non-hydrogen) atoms. The Morgan fingerprint density at radius 2 is 1.43 bits per heavy atom. The Kier molecular flexibility index (Phi) is 12.0. The van der Waals surface area contributed by atoms with Crippen LogP contribution in [0.4, 0.5) is 0 Å². The van der Waals surface area contributed by atoms with Crippen LogP contribution in [-0.4, -0.2) is 24.4 Å². The van der Waals surface area contributed by atoms with Crippen molar-refractivity contribution in [3.8, 4) is 11.1 Å². The first-order valence-corrected chi connectivity index (χ1v) is 7.09. The van der Waals surface area contributed by atoms with Crippen LogP contribution in [0, 0.1) is 6.07 Å². The molecule has 0 aromatic heterocycles. The predicted octanol–water partition coefficient (Wildman–Crippen LogP) is 3.68. The third-order valence-corrected chi connectivity index (χ3v) is 3.17. The zero-order valence-corrected chi connectivity index (χ0v) is 15.1. The minimum atomic E-state index is 0. The Balaban J connectivity index is 0.000000412. The van der Waals surface area contributed by atoms with Gasteiger partial charge in [-0.15, -0.1) is 5.56 Å². The minimum absolute atomic E-state index is 0. The SMILES string of the molecule is CO.CO.[Ti+2].[c-]1cccc2c1Cc1ccccc1-2.c1cc[cH-]c1. The Bertz CT molecular complexity index is 573. The first kappa shape index (κ1) is 21.4. The Morgan fingerprint density at radius 1 is 0.826 bits per heavy atom. The van der Waals surface area contributed by atoms with E-state index in [2.05, 4.69) is 42.5 Å². The number of rotatable bonds is 0. The molecule has 118 valence electrons. The number of aliphatic hydroxyl groups excluding tert-OH is 2. The molecule has 0 aliphatic heterocycles. The summed E-state index contributed by atoms with van der Waals surface area (Å²) in [4.78, 5) is 0. The number of aliphatic hydroxyl groups is 2. The van der Waals surface area contributed by atoms with Crippen molar-refractivity contribution in [1.29, 1.82) is 0 Å². The second kappa shape index (κ2) is 12.9. The van der Waals surface area contributed by atoms with Gasteiger partial charge in [0, 0.05) is 14.2 Å². The van der Waals surface area contributed by atoms with Crippen molar-refractivity contribution in [3.05, 3.63) is 90.0 Å². The average molecular weight is 342 g/mol. The maximum Gasteiger partial charge on any atom is 2.00 e. The number of fused-ring (bicyclic) bond motifs is 3. The molecule has 0 heterocycles. The van der Waals surface area contributed by atoms with Gasteiger partial charge in [0.2, 0.25) is 0 Å². The van der Waals surface area contributed by atoms with Crippen LogP contribution in [0.15, 0.2) is 72.8 Å². The molecule has 1 aliphatic rings. The molecular weight excluding hydrogens is 320 g/mol. The van der Waals surface area contributed by atoms with Gasteiger partial charge in [0.15, 0.2) is 0 Å². The summed E-state index contributed by atoms with van der Waals surface area (Å²) in [6.45, 7) is 0. The number of hydrogen-bond donors (Lipinski definition) is 2. The van der Waals surface area contributed by atoms with Crippen LogP contribution in [0.3, 0.4) is 0 Å². The molecule has 3 aromatic carbocycles. The molecule has 0 bridgehead atoms. The molecule has 2 N–H and O–H groups in total. The molecule has 0 amide bonds. The fraction of sp³-hybridized carbons (Fsp3) is 0.150. The molecule has 0 fully saturated rings. The van der Waals surface area contributed by atoms with Crippen molar-refractivity contribution >= 4 is 0 Å². The fourth-order valence-corrected chi connectivity index (χ4v) is 2.32. The Hall–Kier alpha value is -1.58. The van der Waals surface area contributed by atoms with E-state index in [-0.39, 0.29) is 21.7 Å². The fourth-order valence-electron chi connectivity index (χ4n) is 2.32. The van der Waals surface area contributed by atoms with Gasteiger partial charge < -0.3 is 10.2 Å². The van der Waals surface area contributed by atoms with Crippen LogP contribution < -0.4 is 0 Å². The van der Waals surface area contributed by atoms with Gasteiger partial charge in [0.25, 0.3) is 0 Å². The van der Waals surface area contributed by atoms with Crippen LogP contribution in [0.5, 0.6) is 0 Å². The van der Waals surface area contributed by atoms with Crippen molar-refractivity contribution in [2.45, 2.75) is 6.42 Å². The molecule has 3 aromatic rings. The van der Waals surface area contributed by atoms with E-state index in [1.165, 1.54) is 22.3 Å². The summed E-state index contributed by atoms with van der Waals surface area (Å²) in [5.41, 5.74) is 5.51. The van der Waals surface area contributed by atoms with Gasteiger partial charge in [0.1, 0.15) is 0 Å². The monoisotopic (exact) mass is 342 g/mol. The molecule has 1 aliphatic carbocycles. The summed E-state index contributed by atoms with van der Waals surface area (Å²) in [5.74, 6) is 0. The minimum Gasteiger partial charge on any atom is -0.400 e. The van der Waals surface area contributed by atoms with E-state index in [1.54, 1.807) is 0 Å². The standard InChI is InChI=1S/C13H9.C5H5.2CH4O.Ti/c1-3-7-12-10(5-1)9-11-6-2-4-8-13(11)12;1-2-4-5-3-1;2*1-2;/h1-5,7-8H,9H2;1-5H;2*2H,1H3;/q2*-1;;;+2. The number of hydrogen-bond acceptors (Lipinski definition) is 2. The zero-order chi connectivity index (χ0) is 16.2. The molecular formula is C20H22O2Ti. The molecule has 3 heteroatoms. The van der Waals surface area contributed by atoms with Crippen LogP contribution in [0.1, 0.15) is 11.1 Å². The first-order chi connectivity index (χ1) is 10.9. The van der Waals surface area contributed by atoms with Crippen LogP contribution in [0.2, 0.25) is 0 Å². The molecule has 0 radical (unpaired) electrons. The number of benzene rings is 2. The maximum atomic E-state index is 7.00. The van der Waals surface area contributed by atoms with E-state index in [1.807, 2.05) is 36.4 Å². The van der Waals surface area contributed by atoms with Crippen molar-refractivity contribution in [1.82, 2.24) is 0 Å². The van der Waals surface area contributed by atoms with Crippen LogP contribution >= 0.6 is 0 Å². The van der Waals surface area contributed by atoms with Crippen molar-refractivity contribution < 1.29 is 31.9 Å². The van der Waals surface area contributed by atoms with Gasteiger partial charge >= 0.3 is 21.7 Å². The van der Waals surface area contributed by atoms with Crippen LogP contribution in [0.25, 0.3) is 11.1 Å². The van der Waals surface area contributed by atoms with E-state index in [9.17, 15) is 0 Å². The molecule has 2 nitrogen and oxygen atoms in total. The summed E-state index contributed by atoms with van der Waals surface area (Å²) in [7, 11) is 2.00. The second-order valence-electron chi connectivity index (χ2n) is 4.36. The van der Waals surface area contributed by atoms with E-state index in [4.69, 9.17) is 10.2 Å².